The van der Waals surface area contributed by atoms with E-state index in [9.17, 15) is 4.79 Å². The van der Waals surface area contributed by atoms with E-state index >= 15 is 0 Å². The zero-order chi connectivity index (χ0) is 14.8. The lowest BCUT2D eigenvalue weighted by Gasteiger charge is -2.34. The number of piperazine rings is 1. The fourth-order valence-corrected chi connectivity index (χ4v) is 2.26. The number of hydrogen-bond acceptors (Lipinski definition) is 4. The van der Waals surface area contributed by atoms with Crippen molar-refractivity contribution in [1.29, 1.82) is 0 Å². The van der Waals surface area contributed by atoms with Gasteiger partial charge in [-0.15, -0.1) is 0 Å². The molecular weight excluding hydrogens is 250 g/mol. The molecule has 0 N–H and O–H groups in total. The van der Waals surface area contributed by atoms with Crippen LogP contribution in [-0.4, -0.2) is 53.8 Å². The number of hydrogen-bond donors (Lipinski definition) is 0. The molecular formula is C16H27N3O. The van der Waals surface area contributed by atoms with Gasteiger partial charge < -0.3 is 9.69 Å². The highest BCUT2D eigenvalue weighted by Crippen LogP contribution is 2.08. The molecule has 0 atom stereocenters. The third-order valence-electron chi connectivity index (χ3n) is 3.41. The summed E-state index contributed by atoms with van der Waals surface area (Å²) in [5.74, 6) is 0. The van der Waals surface area contributed by atoms with Crippen LogP contribution in [0.4, 0.5) is 0 Å². The minimum atomic E-state index is 0.655. The first-order valence-electron chi connectivity index (χ1n) is 7.58. The number of aromatic nitrogens is 1. The van der Waals surface area contributed by atoms with Crippen LogP contribution in [0.1, 0.15) is 31.5 Å². The minimum absolute atomic E-state index is 0.655. The van der Waals surface area contributed by atoms with Gasteiger partial charge in [-0.1, -0.05) is 19.9 Å². The van der Waals surface area contributed by atoms with Gasteiger partial charge in [0.2, 0.25) is 0 Å². The monoisotopic (exact) mass is 277 g/mol. The summed E-state index contributed by atoms with van der Waals surface area (Å²) < 4.78 is 0. The number of aldehydes is 1. The summed E-state index contributed by atoms with van der Waals surface area (Å²) in [7, 11) is 0. The largest absolute Gasteiger partial charge is 0.303 e. The molecule has 0 aromatic carbocycles. The van der Waals surface area contributed by atoms with Crippen LogP contribution in [0.3, 0.4) is 0 Å². The first-order chi connectivity index (χ1) is 9.78. The molecule has 0 saturated carbocycles. The maximum atomic E-state index is 10.3. The molecule has 1 saturated heterocycles. The third kappa shape index (κ3) is 5.80. The number of carbonyl (C=O) groups excluding carboxylic acids is 1. The van der Waals surface area contributed by atoms with Crippen LogP contribution in [0.5, 0.6) is 0 Å². The van der Waals surface area contributed by atoms with Crippen molar-refractivity contribution in [3.05, 3.63) is 29.6 Å². The highest BCUT2D eigenvalue weighted by atomic mass is 16.1. The SMILES string of the molecule is CC.Cc1ccc(CN2CCN(CCC=O)CC2)cn1. The molecule has 0 unspecified atom stereocenters. The lowest BCUT2D eigenvalue weighted by Crippen LogP contribution is -2.46. The van der Waals surface area contributed by atoms with Gasteiger partial charge in [0.05, 0.1) is 0 Å². The van der Waals surface area contributed by atoms with Crippen molar-refractivity contribution in [3.63, 3.8) is 0 Å². The predicted octanol–water partition coefficient (Wildman–Crippen LogP) is 2.12. The highest BCUT2D eigenvalue weighted by Gasteiger charge is 2.16. The minimum Gasteiger partial charge on any atom is -0.303 e. The molecule has 112 valence electrons. The zero-order valence-electron chi connectivity index (χ0n) is 13.0. The Morgan fingerprint density at radius 2 is 1.80 bits per heavy atom. The molecule has 2 heterocycles. The van der Waals surface area contributed by atoms with Crippen LogP contribution in [-0.2, 0) is 11.3 Å². The van der Waals surface area contributed by atoms with Gasteiger partial charge in [-0.05, 0) is 18.6 Å². The average Bonchev–Trinajstić information content (AvgIpc) is 2.51. The van der Waals surface area contributed by atoms with E-state index in [0.29, 0.717) is 6.42 Å². The number of aryl methyl sites for hydroxylation is 1. The van der Waals surface area contributed by atoms with Gasteiger partial charge in [0, 0.05) is 57.6 Å². The third-order valence-corrected chi connectivity index (χ3v) is 3.41. The molecule has 0 bridgehead atoms. The van der Waals surface area contributed by atoms with Crippen molar-refractivity contribution in [3.8, 4) is 0 Å². The summed E-state index contributed by atoms with van der Waals surface area (Å²) in [5.41, 5.74) is 2.35. The predicted molar refractivity (Wildman–Crippen MR) is 82.7 cm³/mol. The number of nitrogens with zero attached hydrogens (tertiary/aromatic N) is 3. The van der Waals surface area contributed by atoms with Crippen LogP contribution in [0.2, 0.25) is 0 Å². The molecule has 1 fully saturated rings. The molecule has 2 rings (SSSR count). The average molecular weight is 277 g/mol. The fraction of sp³-hybridized carbons (Fsp3) is 0.625. The Kier molecular flexibility index (Phi) is 8.07. The molecule has 0 radical (unpaired) electrons. The molecule has 0 spiro atoms. The summed E-state index contributed by atoms with van der Waals surface area (Å²) in [5, 5.41) is 0. The highest BCUT2D eigenvalue weighted by molar-refractivity contribution is 5.49. The van der Waals surface area contributed by atoms with E-state index < -0.39 is 0 Å². The van der Waals surface area contributed by atoms with Gasteiger partial charge in [0.1, 0.15) is 6.29 Å². The Bertz CT molecular complexity index is 370. The van der Waals surface area contributed by atoms with Crippen molar-refractivity contribution >= 4 is 6.29 Å². The van der Waals surface area contributed by atoms with E-state index in [2.05, 4.69) is 26.9 Å². The summed E-state index contributed by atoms with van der Waals surface area (Å²) >= 11 is 0. The van der Waals surface area contributed by atoms with Gasteiger partial charge in [-0.25, -0.2) is 0 Å². The Morgan fingerprint density at radius 1 is 1.15 bits per heavy atom. The van der Waals surface area contributed by atoms with Crippen LogP contribution >= 0.6 is 0 Å². The van der Waals surface area contributed by atoms with Crippen molar-refractivity contribution in [2.24, 2.45) is 0 Å². The topological polar surface area (TPSA) is 36.4 Å². The van der Waals surface area contributed by atoms with Gasteiger partial charge in [0.25, 0.3) is 0 Å². The normalized spacial score (nSPS) is 16.4. The standard InChI is InChI=1S/C14H21N3O.C2H6/c1-13-3-4-14(11-15-13)12-17-8-6-16(7-9-17)5-2-10-18;1-2/h3-4,10-11H,2,5-9,12H2,1H3;1-2H3. The van der Waals surface area contributed by atoms with E-state index in [0.717, 1.165) is 51.2 Å². The lowest BCUT2D eigenvalue weighted by molar-refractivity contribution is -0.108. The van der Waals surface area contributed by atoms with Crippen molar-refractivity contribution in [1.82, 2.24) is 14.8 Å². The van der Waals surface area contributed by atoms with Crippen LogP contribution in [0.15, 0.2) is 18.3 Å². The molecule has 1 aromatic heterocycles. The van der Waals surface area contributed by atoms with E-state index in [1.54, 1.807) is 0 Å². The Balaban J connectivity index is 0.000000956. The summed E-state index contributed by atoms with van der Waals surface area (Å²) in [6, 6.07) is 4.22. The molecule has 20 heavy (non-hydrogen) atoms. The van der Waals surface area contributed by atoms with Gasteiger partial charge >= 0.3 is 0 Å². The Morgan fingerprint density at radius 3 is 2.35 bits per heavy atom. The van der Waals surface area contributed by atoms with Crippen LogP contribution < -0.4 is 0 Å². The second kappa shape index (κ2) is 9.61. The van der Waals surface area contributed by atoms with Gasteiger partial charge in [-0.3, -0.25) is 9.88 Å². The first-order valence-corrected chi connectivity index (χ1v) is 7.58. The summed E-state index contributed by atoms with van der Waals surface area (Å²) in [4.78, 5) is 19.5. The maximum Gasteiger partial charge on any atom is 0.121 e. The first kappa shape index (κ1) is 16.8. The molecule has 4 nitrogen and oxygen atoms in total. The maximum absolute atomic E-state index is 10.3. The second-order valence-corrected chi connectivity index (χ2v) is 4.88. The lowest BCUT2D eigenvalue weighted by atomic mass is 10.2. The quantitative estimate of drug-likeness (QED) is 0.773. The van der Waals surface area contributed by atoms with E-state index in [1.807, 2.05) is 27.0 Å². The molecule has 4 heteroatoms. The summed E-state index contributed by atoms with van der Waals surface area (Å²) in [6.45, 7) is 12.2. The number of pyridine rings is 1. The van der Waals surface area contributed by atoms with Crippen molar-refractivity contribution in [2.45, 2.75) is 33.7 Å². The zero-order valence-corrected chi connectivity index (χ0v) is 13.0. The second-order valence-electron chi connectivity index (χ2n) is 4.88. The van der Waals surface area contributed by atoms with Gasteiger partial charge in [0.15, 0.2) is 0 Å². The smallest absolute Gasteiger partial charge is 0.121 e. The van der Waals surface area contributed by atoms with Gasteiger partial charge in [-0.2, -0.15) is 0 Å². The molecule has 0 amide bonds. The Hall–Kier alpha value is -1.26. The molecule has 1 aliphatic rings. The van der Waals surface area contributed by atoms with Crippen LogP contribution in [0, 0.1) is 6.92 Å². The molecule has 1 aliphatic heterocycles. The van der Waals surface area contributed by atoms with Crippen molar-refractivity contribution < 1.29 is 4.79 Å². The fourth-order valence-electron chi connectivity index (χ4n) is 2.26. The molecule has 1 aromatic rings. The summed E-state index contributed by atoms with van der Waals surface area (Å²) in [6.07, 6.45) is 3.63. The number of rotatable bonds is 5. The van der Waals surface area contributed by atoms with Crippen molar-refractivity contribution in [2.75, 3.05) is 32.7 Å². The van der Waals surface area contributed by atoms with E-state index in [-0.39, 0.29) is 0 Å². The number of carbonyl (C=O) groups is 1. The van der Waals surface area contributed by atoms with E-state index in [4.69, 9.17) is 0 Å². The van der Waals surface area contributed by atoms with E-state index in [1.165, 1.54) is 5.56 Å². The molecule has 0 aliphatic carbocycles. The van der Waals surface area contributed by atoms with Crippen LogP contribution in [0.25, 0.3) is 0 Å². The Labute approximate surface area is 122 Å².